The number of fused-ring (bicyclic) bond motifs is 2. The molecule has 0 aliphatic carbocycles. The Morgan fingerprint density at radius 1 is 1.24 bits per heavy atom. The Morgan fingerprint density at radius 3 is 2.82 bits per heavy atom. The van der Waals surface area contributed by atoms with Gasteiger partial charge in [0.25, 0.3) is 5.91 Å². The molecule has 0 radical (unpaired) electrons. The summed E-state index contributed by atoms with van der Waals surface area (Å²) in [6.07, 6.45) is 1.44. The number of likely N-dealkylation sites (tertiary alicyclic amines) is 1. The van der Waals surface area contributed by atoms with Crippen molar-refractivity contribution in [2.75, 3.05) is 25.5 Å². The van der Waals surface area contributed by atoms with Crippen LogP contribution in [-0.2, 0) is 0 Å². The van der Waals surface area contributed by atoms with E-state index < -0.39 is 6.10 Å². The molecule has 34 heavy (non-hydrogen) atoms. The third-order valence-corrected chi connectivity index (χ3v) is 7.31. The Kier molecular flexibility index (Phi) is 5.72. The van der Waals surface area contributed by atoms with E-state index in [0.717, 1.165) is 32.7 Å². The van der Waals surface area contributed by atoms with Crippen molar-refractivity contribution in [2.24, 2.45) is 0 Å². The van der Waals surface area contributed by atoms with Crippen LogP contribution in [0.15, 0.2) is 42.6 Å². The quantitative estimate of drug-likeness (QED) is 0.357. The third kappa shape index (κ3) is 3.79. The van der Waals surface area contributed by atoms with Crippen molar-refractivity contribution in [3.8, 4) is 0 Å². The summed E-state index contributed by atoms with van der Waals surface area (Å²) in [4.78, 5) is 31.8. The molecule has 2 atom stereocenters. The van der Waals surface area contributed by atoms with E-state index in [0.29, 0.717) is 16.8 Å². The number of rotatable bonds is 4. The maximum absolute atomic E-state index is 13.1. The number of benzene rings is 1. The molecule has 4 aromatic rings. The van der Waals surface area contributed by atoms with Gasteiger partial charge in [0.15, 0.2) is 0 Å². The predicted molar refractivity (Wildman–Crippen MR) is 132 cm³/mol. The second-order valence-corrected chi connectivity index (χ2v) is 9.49. The zero-order valence-electron chi connectivity index (χ0n) is 18.8. The molecular weight excluding hydrogens is 454 g/mol. The standard InChI is InChI=1S/C24H25N5O4S/c1-13-7-14-8-15(3-4-20(14)29(13)24(33)25-2)27-18-5-6-26-19-10-21(34-22(18)19)23(32)28-11-17(31)9-16(28)12-30/h3-8,10,16-17,30-31H,9,11-12H2,1-2H3,(H,25,33)(H,26,27). The van der Waals surface area contributed by atoms with E-state index in [-0.39, 0.29) is 31.1 Å². The lowest BCUT2D eigenvalue weighted by Gasteiger charge is -2.21. The lowest BCUT2D eigenvalue weighted by molar-refractivity contribution is 0.0670. The maximum atomic E-state index is 13.1. The highest BCUT2D eigenvalue weighted by Crippen LogP contribution is 2.35. The van der Waals surface area contributed by atoms with Crippen LogP contribution in [0.5, 0.6) is 0 Å². The van der Waals surface area contributed by atoms with E-state index in [1.807, 2.05) is 37.3 Å². The monoisotopic (exact) mass is 479 g/mol. The number of aliphatic hydroxyl groups is 2. The molecule has 10 heteroatoms. The van der Waals surface area contributed by atoms with Crippen LogP contribution in [-0.4, -0.2) is 68.9 Å². The topological polar surface area (TPSA) is 120 Å². The van der Waals surface area contributed by atoms with Crippen LogP contribution in [0.1, 0.15) is 21.8 Å². The van der Waals surface area contributed by atoms with E-state index in [1.165, 1.54) is 16.2 Å². The normalized spacial score (nSPS) is 18.1. The number of pyridine rings is 1. The van der Waals surface area contributed by atoms with Crippen LogP contribution >= 0.6 is 11.3 Å². The number of hydrogen-bond donors (Lipinski definition) is 4. The zero-order chi connectivity index (χ0) is 24.0. The molecule has 2 unspecified atom stereocenters. The average Bonchev–Trinajstić information content (AvgIpc) is 3.52. The van der Waals surface area contributed by atoms with Gasteiger partial charge < -0.3 is 25.7 Å². The number of β-amino-alcohol motifs (C(OH)–C–C–N with tert-alkyl or cyclic N) is 1. The second kappa shape index (κ2) is 8.71. The lowest BCUT2D eigenvalue weighted by atomic mass is 10.2. The van der Waals surface area contributed by atoms with Crippen LogP contribution in [0.25, 0.3) is 21.1 Å². The number of hydrogen-bond acceptors (Lipinski definition) is 7. The first-order valence-corrected chi connectivity index (χ1v) is 11.8. The number of amides is 2. The van der Waals surface area contributed by atoms with Gasteiger partial charge in [0.05, 0.1) is 45.1 Å². The third-order valence-electron chi connectivity index (χ3n) is 6.17. The van der Waals surface area contributed by atoms with Crippen molar-refractivity contribution >= 4 is 55.8 Å². The van der Waals surface area contributed by atoms with E-state index in [9.17, 15) is 19.8 Å². The van der Waals surface area contributed by atoms with Crippen LogP contribution in [0.2, 0.25) is 0 Å². The van der Waals surface area contributed by atoms with Gasteiger partial charge in [-0.25, -0.2) is 4.79 Å². The number of aromatic nitrogens is 2. The summed E-state index contributed by atoms with van der Waals surface area (Å²) in [5, 5.41) is 26.5. The molecule has 1 saturated heterocycles. The molecule has 4 heterocycles. The minimum absolute atomic E-state index is 0.178. The predicted octanol–water partition coefficient (Wildman–Crippen LogP) is 3.06. The van der Waals surface area contributed by atoms with Crippen LogP contribution in [0.3, 0.4) is 0 Å². The smallest absolute Gasteiger partial charge is 0.325 e. The van der Waals surface area contributed by atoms with Crippen molar-refractivity contribution in [3.63, 3.8) is 0 Å². The molecule has 5 rings (SSSR count). The second-order valence-electron chi connectivity index (χ2n) is 8.44. The van der Waals surface area contributed by atoms with Gasteiger partial charge in [0.1, 0.15) is 0 Å². The maximum Gasteiger partial charge on any atom is 0.325 e. The van der Waals surface area contributed by atoms with Gasteiger partial charge >= 0.3 is 6.03 Å². The highest BCUT2D eigenvalue weighted by atomic mass is 32.1. The summed E-state index contributed by atoms with van der Waals surface area (Å²) >= 11 is 1.33. The van der Waals surface area contributed by atoms with Gasteiger partial charge in [-0.15, -0.1) is 11.3 Å². The Morgan fingerprint density at radius 2 is 2.06 bits per heavy atom. The lowest BCUT2D eigenvalue weighted by Crippen LogP contribution is -2.37. The molecule has 176 valence electrons. The van der Waals surface area contributed by atoms with Crippen molar-refractivity contribution < 1.29 is 19.8 Å². The molecule has 1 aliphatic heterocycles. The number of thiophene rings is 1. The van der Waals surface area contributed by atoms with Crippen molar-refractivity contribution in [1.82, 2.24) is 19.8 Å². The van der Waals surface area contributed by atoms with Crippen LogP contribution in [0.4, 0.5) is 16.2 Å². The molecule has 1 aromatic carbocycles. The Hall–Kier alpha value is -3.47. The molecule has 1 fully saturated rings. The van der Waals surface area contributed by atoms with Crippen molar-refractivity contribution in [3.05, 3.63) is 53.2 Å². The Bertz CT molecular complexity index is 1410. The molecule has 0 saturated carbocycles. The molecule has 2 amide bonds. The van der Waals surface area contributed by atoms with Crippen molar-refractivity contribution in [1.29, 1.82) is 0 Å². The highest BCUT2D eigenvalue weighted by Gasteiger charge is 2.35. The van der Waals surface area contributed by atoms with Crippen LogP contribution < -0.4 is 10.6 Å². The number of anilines is 2. The molecular formula is C24H25N5O4S. The summed E-state index contributed by atoms with van der Waals surface area (Å²) in [6.45, 7) is 1.92. The van der Waals surface area contributed by atoms with Gasteiger partial charge in [-0.3, -0.25) is 14.3 Å². The molecule has 4 N–H and O–H groups in total. The summed E-state index contributed by atoms with van der Waals surface area (Å²) in [5.74, 6) is -0.211. The van der Waals surface area contributed by atoms with E-state index >= 15 is 0 Å². The number of carbonyl (C=O) groups is 2. The van der Waals surface area contributed by atoms with Gasteiger partial charge in [0, 0.05) is 36.6 Å². The minimum Gasteiger partial charge on any atom is -0.394 e. The van der Waals surface area contributed by atoms with E-state index in [4.69, 9.17) is 0 Å². The Balaban J connectivity index is 1.46. The van der Waals surface area contributed by atoms with Crippen LogP contribution in [0, 0.1) is 6.92 Å². The highest BCUT2D eigenvalue weighted by molar-refractivity contribution is 7.21. The molecule has 9 nitrogen and oxygen atoms in total. The molecule has 3 aromatic heterocycles. The largest absolute Gasteiger partial charge is 0.394 e. The van der Waals surface area contributed by atoms with E-state index in [2.05, 4.69) is 15.6 Å². The number of nitrogens with zero attached hydrogens (tertiary/aromatic N) is 3. The molecule has 1 aliphatic rings. The summed E-state index contributed by atoms with van der Waals surface area (Å²) in [6, 6.07) is 10.8. The fourth-order valence-electron chi connectivity index (χ4n) is 4.57. The average molecular weight is 480 g/mol. The molecule has 0 spiro atoms. The van der Waals surface area contributed by atoms with Gasteiger partial charge in [0.2, 0.25) is 0 Å². The fraction of sp³-hybridized carbons (Fsp3) is 0.292. The minimum atomic E-state index is -0.623. The summed E-state index contributed by atoms with van der Waals surface area (Å²) in [7, 11) is 1.61. The number of aliphatic hydroxyl groups excluding tert-OH is 2. The number of nitrogens with one attached hydrogen (secondary N) is 2. The first kappa shape index (κ1) is 22.3. The summed E-state index contributed by atoms with van der Waals surface area (Å²) in [5.41, 5.74) is 4.01. The number of carbonyl (C=O) groups excluding carboxylic acids is 2. The summed E-state index contributed by atoms with van der Waals surface area (Å²) < 4.78 is 2.47. The SMILES string of the molecule is CNC(=O)n1c(C)cc2cc(Nc3ccnc4cc(C(=O)N5CC(O)CC5CO)sc34)ccc21. The van der Waals surface area contributed by atoms with E-state index in [1.54, 1.807) is 23.9 Å². The molecule has 0 bridgehead atoms. The van der Waals surface area contributed by atoms with Gasteiger partial charge in [-0.1, -0.05) is 0 Å². The zero-order valence-corrected chi connectivity index (χ0v) is 19.6. The van der Waals surface area contributed by atoms with Crippen molar-refractivity contribution in [2.45, 2.75) is 25.5 Å². The first-order chi connectivity index (χ1) is 16.4. The fourth-order valence-corrected chi connectivity index (χ4v) is 5.61. The van der Waals surface area contributed by atoms with Gasteiger partial charge in [-0.05, 0) is 49.7 Å². The van der Waals surface area contributed by atoms with Gasteiger partial charge in [-0.2, -0.15) is 0 Å². The first-order valence-electron chi connectivity index (χ1n) is 11.0. The Labute approximate surface area is 199 Å². The number of aryl methyl sites for hydroxylation is 1.